The van der Waals surface area contributed by atoms with Gasteiger partial charge in [-0.2, -0.15) is 0 Å². The second-order valence-corrected chi connectivity index (χ2v) is 8.37. The monoisotopic (exact) mass is 396 g/mol. The molecule has 0 saturated carbocycles. The van der Waals surface area contributed by atoms with E-state index in [4.69, 9.17) is 0 Å². The van der Waals surface area contributed by atoms with Gasteiger partial charge in [0.05, 0.1) is 0 Å². The number of urea groups is 1. The fourth-order valence-electron chi connectivity index (χ4n) is 4.05. The number of carbonyl (C=O) groups excluding carboxylic acids is 1. The van der Waals surface area contributed by atoms with Gasteiger partial charge in [0.1, 0.15) is 0 Å². The normalized spacial score (nSPS) is 11.2. The van der Waals surface area contributed by atoms with E-state index < -0.39 is 0 Å². The molecule has 0 saturated heterocycles. The molecule has 4 aromatic rings. The van der Waals surface area contributed by atoms with Crippen LogP contribution < -0.4 is 5.32 Å². The predicted molar refractivity (Wildman–Crippen MR) is 127 cm³/mol. The number of fused-ring (bicyclic) bond motifs is 2. The van der Waals surface area contributed by atoms with Crippen LogP contribution in [0, 0.1) is 12.8 Å². The number of nitrogens with one attached hydrogen (secondary N) is 1. The average Bonchev–Trinajstić information content (AvgIpc) is 2.72. The van der Waals surface area contributed by atoms with Gasteiger partial charge >= 0.3 is 6.03 Å². The van der Waals surface area contributed by atoms with Crippen molar-refractivity contribution < 1.29 is 4.79 Å². The van der Waals surface area contributed by atoms with Crippen molar-refractivity contribution in [3.8, 4) is 0 Å². The Morgan fingerprint density at radius 3 is 2.10 bits per heavy atom. The van der Waals surface area contributed by atoms with Gasteiger partial charge in [0.15, 0.2) is 0 Å². The summed E-state index contributed by atoms with van der Waals surface area (Å²) in [5.74, 6) is 0.370. The molecule has 3 nitrogen and oxygen atoms in total. The molecule has 3 heteroatoms. The van der Waals surface area contributed by atoms with E-state index in [0.29, 0.717) is 19.0 Å². The summed E-state index contributed by atoms with van der Waals surface area (Å²) in [6, 6.07) is 27.0. The SMILES string of the molecule is Cc1cccc(NC(=O)N(Cc2c3ccccc3cc3ccccc23)CC(C)C)c1. The number of rotatable bonds is 5. The Balaban J connectivity index is 1.74. The molecular weight excluding hydrogens is 368 g/mol. The summed E-state index contributed by atoms with van der Waals surface area (Å²) in [6.45, 7) is 7.58. The zero-order valence-electron chi connectivity index (χ0n) is 17.9. The number of carbonyl (C=O) groups is 1. The maximum absolute atomic E-state index is 13.3. The number of hydrogen-bond acceptors (Lipinski definition) is 1. The fraction of sp³-hybridized carbons (Fsp3) is 0.222. The van der Waals surface area contributed by atoms with E-state index in [0.717, 1.165) is 11.3 Å². The van der Waals surface area contributed by atoms with Crippen LogP contribution in [-0.2, 0) is 6.54 Å². The topological polar surface area (TPSA) is 32.3 Å². The van der Waals surface area contributed by atoms with Gasteiger partial charge in [-0.05, 0) is 63.7 Å². The van der Waals surface area contributed by atoms with Crippen molar-refractivity contribution in [2.45, 2.75) is 27.3 Å². The van der Waals surface area contributed by atoms with Crippen LogP contribution >= 0.6 is 0 Å². The van der Waals surface area contributed by atoms with E-state index in [9.17, 15) is 4.79 Å². The molecular formula is C27H28N2O. The van der Waals surface area contributed by atoms with Gasteiger partial charge in [0.2, 0.25) is 0 Å². The van der Waals surface area contributed by atoms with Crippen LogP contribution in [0.2, 0.25) is 0 Å². The molecule has 0 aromatic heterocycles. The average molecular weight is 397 g/mol. The number of hydrogen-bond donors (Lipinski definition) is 1. The lowest BCUT2D eigenvalue weighted by molar-refractivity contribution is 0.202. The van der Waals surface area contributed by atoms with Crippen LogP contribution in [-0.4, -0.2) is 17.5 Å². The number of aryl methyl sites for hydroxylation is 1. The molecule has 30 heavy (non-hydrogen) atoms. The molecule has 0 radical (unpaired) electrons. The van der Waals surface area contributed by atoms with E-state index in [-0.39, 0.29) is 6.03 Å². The van der Waals surface area contributed by atoms with E-state index in [1.165, 1.54) is 27.1 Å². The second kappa shape index (κ2) is 8.58. The minimum atomic E-state index is -0.0636. The highest BCUT2D eigenvalue weighted by atomic mass is 16.2. The third-order valence-electron chi connectivity index (χ3n) is 5.37. The van der Waals surface area contributed by atoms with E-state index in [1.54, 1.807) is 0 Å². The molecule has 0 aliphatic carbocycles. The van der Waals surface area contributed by atoms with Crippen LogP contribution in [0.5, 0.6) is 0 Å². The minimum Gasteiger partial charge on any atom is -0.320 e. The molecule has 0 aliphatic rings. The Kier molecular flexibility index (Phi) is 5.71. The van der Waals surface area contributed by atoms with Crippen molar-refractivity contribution in [3.63, 3.8) is 0 Å². The lowest BCUT2D eigenvalue weighted by atomic mass is 9.96. The van der Waals surface area contributed by atoms with Gasteiger partial charge in [-0.15, -0.1) is 0 Å². The molecule has 0 spiro atoms. The Morgan fingerprint density at radius 1 is 0.867 bits per heavy atom. The first-order valence-electron chi connectivity index (χ1n) is 10.5. The third-order valence-corrected chi connectivity index (χ3v) is 5.37. The molecule has 4 aromatic carbocycles. The number of nitrogens with zero attached hydrogens (tertiary/aromatic N) is 1. The zero-order valence-corrected chi connectivity index (χ0v) is 17.9. The molecule has 1 N–H and O–H groups in total. The Bertz CT molecular complexity index is 1140. The number of amides is 2. The van der Waals surface area contributed by atoms with Crippen LogP contribution in [0.15, 0.2) is 78.9 Å². The summed E-state index contributed by atoms with van der Waals surface area (Å²) in [4.78, 5) is 15.2. The Morgan fingerprint density at radius 2 is 1.50 bits per heavy atom. The van der Waals surface area contributed by atoms with Crippen molar-refractivity contribution in [2.24, 2.45) is 5.92 Å². The first-order valence-corrected chi connectivity index (χ1v) is 10.5. The molecule has 0 heterocycles. The van der Waals surface area contributed by atoms with Crippen molar-refractivity contribution in [1.29, 1.82) is 0 Å². The summed E-state index contributed by atoms with van der Waals surface area (Å²) in [5, 5.41) is 7.90. The molecule has 152 valence electrons. The van der Waals surface area contributed by atoms with Gasteiger partial charge < -0.3 is 10.2 Å². The second-order valence-electron chi connectivity index (χ2n) is 8.37. The van der Waals surface area contributed by atoms with Gasteiger partial charge in [-0.3, -0.25) is 0 Å². The van der Waals surface area contributed by atoms with E-state index >= 15 is 0 Å². The van der Waals surface area contributed by atoms with Crippen LogP contribution in [0.4, 0.5) is 10.5 Å². The number of anilines is 1. The first-order chi connectivity index (χ1) is 14.5. The Labute approximate surface area is 178 Å². The molecule has 0 bridgehead atoms. The van der Waals surface area contributed by atoms with Crippen molar-refractivity contribution in [3.05, 3.63) is 90.0 Å². The standard InChI is InChI=1S/C27H28N2O/c1-19(2)17-29(27(30)28-23-12-8-9-20(3)15-23)18-26-24-13-6-4-10-21(24)16-22-11-5-7-14-25(22)26/h4-16,19H,17-18H2,1-3H3,(H,28,30). The third kappa shape index (κ3) is 4.30. The van der Waals surface area contributed by atoms with Crippen LogP contribution in [0.1, 0.15) is 25.0 Å². The fourth-order valence-corrected chi connectivity index (χ4v) is 4.05. The van der Waals surface area contributed by atoms with E-state index in [2.05, 4.69) is 73.8 Å². The summed E-state index contributed by atoms with van der Waals surface area (Å²) in [7, 11) is 0. The molecule has 2 amide bonds. The lowest BCUT2D eigenvalue weighted by Crippen LogP contribution is -2.37. The highest BCUT2D eigenvalue weighted by Crippen LogP contribution is 2.30. The van der Waals surface area contributed by atoms with Crippen molar-refractivity contribution >= 4 is 33.3 Å². The zero-order chi connectivity index (χ0) is 21.1. The van der Waals surface area contributed by atoms with E-state index in [1.807, 2.05) is 36.1 Å². The molecule has 0 unspecified atom stereocenters. The molecule has 0 atom stereocenters. The summed E-state index contributed by atoms with van der Waals surface area (Å²) in [5.41, 5.74) is 3.16. The number of benzene rings is 4. The molecule has 0 fully saturated rings. The molecule has 4 rings (SSSR count). The lowest BCUT2D eigenvalue weighted by Gasteiger charge is -2.26. The molecule has 0 aliphatic heterocycles. The maximum Gasteiger partial charge on any atom is 0.322 e. The largest absolute Gasteiger partial charge is 0.322 e. The van der Waals surface area contributed by atoms with Crippen LogP contribution in [0.25, 0.3) is 21.5 Å². The first kappa shape index (κ1) is 20.0. The maximum atomic E-state index is 13.3. The summed E-state index contributed by atoms with van der Waals surface area (Å²) in [6.07, 6.45) is 0. The van der Waals surface area contributed by atoms with Crippen LogP contribution in [0.3, 0.4) is 0 Å². The highest BCUT2D eigenvalue weighted by molar-refractivity contribution is 6.02. The smallest absolute Gasteiger partial charge is 0.320 e. The van der Waals surface area contributed by atoms with Crippen molar-refractivity contribution in [1.82, 2.24) is 4.90 Å². The highest BCUT2D eigenvalue weighted by Gasteiger charge is 2.18. The minimum absolute atomic E-state index is 0.0636. The summed E-state index contributed by atoms with van der Waals surface area (Å²) < 4.78 is 0. The quantitative estimate of drug-likeness (QED) is 0.362. The van der Waals surface area contributed by atoms with Gasteiger partial charge in [-0.1, -0.05) is 74.5 Å². The van der Waals surface area contributed by atoms with Gasteiger partial charge in [0.25, 0.3) is 0 Å². The predicted octanol–water partition coefficient (Wildman–Crippen LogP) is 6.99. The van der Waals surface area contributed by atoms with Gasteiger partial charge in [0, 0.05) is 18.8 Å². The Hall–Kier alpha value is -3.33. The van der Waals surface area contributed by atoms with Gasteiger partial charge in [-0.25, -0.2) is 4.79 Å². The summed E-state index contributed by atoms with van der Waals surface area (Å²) >= 11 is 0. The van der Waals surface area contributed by atoms with Crippen molar-refractivity contribution in [2.75, 3.05) is 11.9 Å².